The molecular weight excluding hydrogens is 417 g/mol. The number of amides is 1. The number of hydrogen-bond donors (Lipinski definition) is 1. The molecule has 0 unspecified atom stereocenters. The molecule has 3 heterocycles. The second kappa shape index (κ2) is 7.63. The predicted octanol–water partition coefficient (Wildman–Crippen LogP) is 2.34. The van der Waals surface area contributed by atoms with Crippen molar-refractivity contribution >= 4 is 40.8 Å². The molecule has 154 valence electrons. The number of carboxylic acids is 1. The first-order valence-corrected chi connectivity index (χ1v) is 10.2. The zero-order chi connectivity index (χ0) is 20.9. The van der Waals surface area contributed by atoms with Gasteiger partial charge in [0, 0.05) is 21.9 Å². The molecule has 7 nitrogen and oxygen atoms in total. The number of anilines is 1. The number of benzene rings is 1. The van der Waals surface area contributed by atoms with Gasteiger partial charge in [0.25, 0.3) is 0 Å². The number of aromatic nitrogens is 2. The molecule has 0 radical (unpaired) electrons. The molecule has 2 aromatic rings. The molecule has 2 bridgehead atoms. The number of nitrogens with zero attached hydrogens (tertiary/aromatic N) is 2. The summed E-state index contributed by atoms with van der Waals surface area (Å²) in [6, 6.07) is 5.25. The molecule has 0 saturated carbocycles. The van der Waals surface area contributed by atoms with Crippen molar-refractivity contribution in [2.75, 3.05) is 5.32 Å². The lowest BCUT2D eigenvalue weighted by atomic mass is 9.78. The van der Waals surface area contributed by atoms with E-state index in [1.54, 1.807) is 23.7 Å². The lowest BCUT2D eigenvalue weighted by Crippen LogP contribution is -2.46. The highest BCUT2D eigenvalue weighted by Gasteiger charge is 2.53. The van der Waals surface area contributed by atoms with Crippen LogP contribution in [0.4, 0.5) is 5.69 Å². The molecule has 2 saturated heterocycles. The van der Waals surface area contributed by atoms with Crippen LogP contribution in [0.15, 0.2) is 18.2 Å². The van der Waals surface area contributed by atoms with Gasteiger partial charge in [-0.2, -0.15) is 5.10 Å². The van der Waals surface area contributed by atoms with Crippen LogP contribution in [0.5, 0.6) is 0 Å². The number of carbonyl (C=O) groups excluding carboxylic acids is 2. The van der Waals surface area contributed by atoms with E-state index >= 15 is 0 Å². The molecule has 4 atom stereocenters. The Morgan fingerprint density at radius 1 is 1.24 bits per heavy atom. The average molecular weight is 437 g/mol. The normalized spacial score (nSPS) is 25.4. The number of fused-ring (bicyclic) bond motifs is 2. The van der Waals surface area contributed by atoms with Crippen molar-refractivity contribution in [3.05, 3.63) is 45.2 Å². The molecule has 1 amide bonds. The fourth-order valence-corrected chi connectivity index (χ4v) is 4.83. The van der Waals surface area contributed by atoms with Gasteiger partial charge in [-0.15, -0.1) is 0 Å². The lowest BCUT2D eigenvalue weighted by Gasteiger charge is -2.27. The highest BCUT2D eigenvalue weighted by Crippen LogP contribution is 2.44. The summed E-state index contributed by atoms with van der Waals surface area (Å²) in [5.74, 6) is -3.29. The molecule has 1 aromatic heterocycles. The monoisotopic (exact) mass is 436 g/mol. The van der Waals surface area contributed by atoms with Gasteiger partial charge in [-0.3, -0.25) is 9.48 Å². The van der Waals surface area contributed by atoms with E-state index in [9.17, 15) is 14.7 Å². The number of carboxylic acid groups (broad SMARTS) is 1. The number of aryl methyl sites for hydroxylation is 1. The molecule has 9 heteroatoms. The number of nitrogens with one attached hydrogen (secondary N) is 1. The first-order valence-electron chi connectivity index (χ1n) is 9.41. The molecule has 2 aliphatic rings. The summed E-state index contributed by atoms with van der Waals surface area (Å²) in [5, 5.41) is 20.0. The van der Waals surface area contributed by atoms with Gasteiger partial charge in [0.05, 0.1) is 41.7 Å². The van der Waals surface area contributed by atoms with Crippen molar-refractivity contribution in [2.45, 2.75) is 45.4 Å². The zero-order valence-corrected chi connectivity index (χ0v) is 17.5. The van der Waals surface area contributed by atoms with Crippen LogP contribution in [0.3, 0.4) is 0 Å². The van der Waals surface area contributed by atoms with E-state index in [2.05, 4.69) is 10.4 Å². The topological polar surface area (TPSA) is 96.3 Å². The quantitative estimate of drug-likeness (QED) is 0.775. The van der Waals surface area contributed by atoms with Crippen molar-refractivity contribution in [1.29, 1.82) is 0 Å². The van der Waals surface area contributed by atoms with Crippen LogP contribution in [-0.2, 0) is 20.9 Å². The molecule has 0 aliphatic carbocycles. The zero-order valence-electron chi connectivity index (χ0n) is 15.9. The summed E-state index contributed by atoms with van der Waals surface area (Å²) in [7, 11) is 0. The Bertz CT molecular complexity index is 990. The number of carbonyl (C=O) groups is 2. The Labute approximate surface area is 177 Å². The molecule has 1 N–H and O–H groups in total. The third-order valence-corrected chi connectivity index (χ3v) is 6.40. The van der Waals surface area contributed by atoms with Crippen molar-refractivity contribution in [3.8, 4) is 0 Å². The average Bonchev–Trinajstić information content (AvgIpc) is 3.34. The van der Waals surface area contributed by atoms with E-state index in [0.717, 1.165) is 11.3 Å². The Morgan fingerprint density at radius 2 is 1.93 bits per heavy atom. The van der Waals surface area contributed by atoms with Crippen LogP contribution in [0.2, 0.25) is 10.0 Å². The summed E-state index contributed by atoms with van der Waals surface area (Å²) in [5.41, 5.74) is 2.80. The first-order chi connectivity index (χ1) is 13.8. The fraction of sp³-hybridized carbons (Fsp3) is 0.450. The molecule has 2 fully saturated rings. The van der Waals surface area contributed by atoms with Crippen molar-refractivity contribution in [3.63, 3.8) is 0 Å². The number of aliphatic carboxylic acids is 1. The molecule has 0 spiro atoms. The molecule has 4 rings (SSSR count). The summed E-state index contributed by atoms with van der Waals surface area (Å²) in [6.07, 6.45) is 0.494. The van der Waals surface area contributed by atoms with Crippen molar-refractivity contribution in [2.24, 2.45) is 11.8 Å². The molecular formula is C20H20Cl2N3O4-. The van der Waals surface area contributed by atoms with Crippen molar-refractivity contribution < 1.29 is 19.4 Å². The molecule has 2 aliphatic heterocycles. The van der Waals surface area contributed by atoms with Gasteiger partial charge in [-0.05, 0) is 44.4 Å². The smallest absolute Gasteiger partial charge is 0.230 e. The second-order valence-electron chi connectivity index (χ2n) is 7.59. The third kappa shape index (κ3) is 3.63. The number of hydrogen-bond acceptors (Lipinski definition) is 5. The van der Waals surface area contributed by atoms with Crippen molar-refractivity contribution in [1.82, 2.24) is 9.78 Å². The maximum atomic E-state index is 12.9. The number of halogens is 2. The third-order valence-electron chi connectivity index (χ3n) is 5.81. The minimum Gasteiger partial charge on any atom is -0.550 e. The van der Waals surface area contributed by atoms with E-state index < -0.39 is 23.9 Å². The van der Waals surface area contributed by atoms with Gasteiger partial charge in [0.1, 0.15) is 0 Å². The van der Waals surface area contributed by atoms with Gasteiger partial charge >= 0.3 is 0 Å². The largest absolute Gasteiger partial charge is 0.550 e. The highest BCUT2D eigenvalue weighted by molar-refractivity contribution is 6.35. The number of rotatable bonds is 5. The van der Waals surface area contributed by atoms with E-state index in [1.165, 1.54) is 0 Å². The second-order valence-corrected chi connectivity index (χ2v) is 8.43. The van der Waals surface area contributed by atoms with E-state index in [4.69, 9.17) is 27.9 Å². The minimum absolute atomic E-state index is 0.373. The van der Waals surface area contributed by atoms with Crippen LogP contribution in [0.1, 0.15) is 29.8 Å². The van der Waals surface area contributed by atoms with Crippen LogP contribution in [0.25, 0.3) is 0 Å². The van der Waals surface area contributed by atoms with Crippen LogP contribution >= 0.6 is 23.2 Å². The van der Waals surface area contributed by atoms with E-state index in [0.29, 0.717) is 40.8 Å². The standard InChI is InChI=1S/C20H21Cl2N3O4/c1-9-18(10(2)25(24-9)8-11-3-4-12(21)7-13(11)22)23-19(26)16-14-5-6-15(29-14)17(16)20(27)28/h3-4,7,14-17H,5-6,8H2,1-2H3,(H,23,26)(H,27,28)/p-1/t14-,15+,16-,17-/m0/s1. The maximum Gasteiger partial charge on any atom is 0.230 e. The van der Waals surface area contributed by atoms with Gasteiger partial charge in [0.2, 0.25) is 5.91 Å². The summed E-state index contributed by atoms with van der Waals surface area (Å²) < 4.78 is 7.40. The fourth-order valence-electron chi connectivity index (χ4n) is 4.36. The Hall–Kier alpha value is -2.09. The maximum absolute atomic E-state index is 12.9. The summed E-state index contributed by atoms with van der Waals surface area (Å²) in [6.45, 7) is 4.04. The van der Waals surface area contributed by atoms with Crippen LogP contribution in [-0.4, -0.2) is 33.9 Å². The van der Waals surface area contributed by atoms with Gasteiger partial charge < -0.3 is 20.0 Å². The van der Waals surface area contributed by atoms with Gasteiger partial charge in [-0.25, -0.2) is 0 Å². The van der Waals surface area contributed by atoms with E-state index in [-0.39, 0.29) is 12.0 Å². The van der Waals surface area contributed by atoms with Gasteiger partial charge in [0.15, 0.2) is 0 Å². The van der Waals surface area contributed by atoms with Crippen LogP contribution < -0.4 is 10.4 Å². The minimum atomic E-state index is -1.24. The van der Waals surface area contributed by atoms with Gasteiger partial charge in [-0.1, -0.05) is 29.3 Å². The first kappa shape index (κ1) is 20.2. The molecule has 29 heavy (non-hydrogen) atoms. The summed E-state index contributed by atoms with van der Waals surface area (Å²) >= 11 is 12.2. The molecule has 1 aromatic carbocycles. The number of ether oxygens (including phenoxy) is 1. The lowest BCUT2D eigenvalue weighted by molar-refractivity contribution is -0.313. The summed E-state index contributed by atoms with van der Waals surface area (Å²) in [4.78, 5) is 24.5. The highest BCUT2D eigenvalue weighted by atomic mass is 35.5. The SMILES string of the molecule is Cc1nn(Cc2ccc(Cl)cc2Cl)c(C)c1NC(=O)[C@@H]1[C@@H](C(=O)[O-])[C@H]2CC[C@@H]1O2. The van der Waals surface area contributed by atoms with E-state index in [1.807, 2.05) is 13.0 Å². The Kier molecular flexibility index (Phi) is 5.31. The Balaban J connectivity index is 1.55. The Morgan fingerprint density at radius 3 is 2.59 bits per heavy atom. The van der Waals surface area contributed by atoms with Crippen LogP contribution in [0, 0.1) is 25.7 Å². The predicted molar refractivity (Wildman–Crippen MR) is 106 cm³/mol.